The van der Waals surface area contributed by atoms with Crippen LogP contribution in [0.15, 0.2) is 138 Å². The predicted octanol–water partition coefficient (Wildman–Crippen LogP) is 5.80. The van der Waals surface area contributed by atoms with Gasteiger partial charge < -0.3 is 47.5 Å². The number of aromatic nitrogens is 6. The molecule has 7 aromatic rings. The number of amides is 1. The lowest BCUT2D eigenvalue weighted by atomic mass is 9.80. The number of benzene rings is 4. The maximum absolute atomic E-state index is 13.2. The summed E-state index contributed by atoms with van der Waals surface area (Å²) in [5.41, 5.74) is 0.855. The van der Waals surface area contributed by atoms with E-state index in [0.29, 0.717) is 22.7 Å². The molecule has 19 nitrogen and oxygen atoms in total. The number of carbonyl (C=O) groups excluding carboxylic acids is 2. The number of H-pyrrole nitrogens is 1. The van der Waals surface area contributed by atoms with Gasteiger partial charge in [-0.1, -0.05) is 72.8 Å². The Morgan fingerprint density at radius 3 is 2.16 bits per heavy atom. The number of aryl methyl sites for hydroxylation is 1. The van der Waals surface area contributed by atoms with Crippen molar-refractivity contribution >= 4 is 47.4 Å². The Kier molecular flexibility index (Phi) is 14.9. The molecule has 4 aromatic carbocycles. The zero-order valence-corrected chi connectivity index (χ0v) is 39.5. The van der Waals surface area contributed by atoms with Crippen LogP contribution in [0.4, 0.5) is 5.82 Å². The molecule has 1 fully saturated rings. The van der Waals surface area contributed by atoms with E-state index in [9.17, 15) is 24.1 Å². The number of carbonyl (C=O) groups is 2. The van der Waals surface area contributed by atoms with Gasteiger partial charge in [0.05, 0.1) is 40.3 Å². The maximum atomic E-state index is 13.2. The molecular formula is C48H48N7O12PS. The summed E-state index contributed by atoms with van der Waals surface area (Å²) < 4.78 is 45.2. The molecular weight excluding hydrogens is 930 g/mol. The number of hydrogen-bond donors (Lipinski definition) is 3. The first kappa shape index (κ1) is 48.6. The number of esters is 1. The van der Waals surface area contributed by atoms with E-state index in [2.05, 4.69) is 25.3 Å². The monoisotopic (exact) mass is 977 g/mol. The normalized spacial score (nSPS) is 17.2. The van der Waals surface area contributed by atoms with Crippen molar-refractivity contribution in [2.75, 3.05) is 32.8 Å². The largest absolute Gasteiger partial charge is 0.497 e. The van der Waals surface area contributed by atoms with Crippen molar-refractivity contribution in [3.8, 4) is 11.5 Å². The van der Waals surface area contributed by atoms with E-state index >= 15 is 0 Å². The Morgan fingerprint density at radius 2 is 1.54 bits per heavy atom. The molecule has 1 aliphatic heterocycles. The van der Waals surface area contributed by atoms with E-state index in [-0.39, 0.29) is 36.5 Å². The highest BCUT2D eigenvalue weighted by atomic mass is 32.5. The number of anilines is 1. The van der Waals surface area contributed by atoms with Crippen molar-refractivity contribution in [2.45, 2.75) is 57.0 Å². The standard InChI is InChI=1S/C48H48N7O12PS/c1-30-24-55(47(59)53-45(30)57)41-23-39(65-31(2)56)40(66-41)27-64-68(60,69)67-38(25-54-29-51-42-43(49-28-50-44(42)54)52-46(58)32-11-7-5-8-12-32)26-63-48(33-13-9-6-10-14-33,34-15-19-36(61-3)20-16-34)35-17-21-37(62-4)22-18-35/h5-22,24,28-29,38-41H,23,25-27H2,1-4H3,(H,60,69)(H,53,57,59)(H,49,50,52,58). The second-order valence-electron chi connectivity index (χ2n) is 15.9. The van der Waals surface area contributed by atoms with E-state index in [0.717, 1.165) is 16.7 Å². The lowest BCUT2D eigenvalue weighted by molar-refractivity contribution is -0.150. The quantitative estimate of drug-likeness (QED) is 0.0494. The highest BCUT2D eigenvalue weighted by Gasteiger charge is 2.42. The van der Waals surface area contributed by atoms with Crippen molar-refractivity contribution in [1.29, 1.82) is 0 Å². The zero-order valence-electron chi connectivity index (χ0n) is 37.8. The fourth-order valence-electron chi connectivity index (χ4n) is 8.05. The minimum atomic E-state index is -4.28. The van der Waals surface area contributed by atoms with Gasteiger partial charge in [-0.05, 0) is 71.8 Å². The topological polar surface area (TPSA) is 229 Å². The Labute approximate surface area is 400 Å². The summed E-state index contributed by atoms with van der Waals surface area (Å²) in [6.45, 7) is -2.27. The van der Waals surface area contributed by atoms with Gasteiger partial charge in [0.25, 0.3) is 11.5 Å². The van der Waals surface area contributed by atoms with Crippen LogP contribution >= 0.6 is 6.72 Å². The van der Waals surface area contributed by atoms with Gasteiger partial charge in [-0.3, -0.25) is 23.9 Å². The highest BCUT2D eigenvalue weighted by molar-refractivity contribution is 8.07. The van der Waals surface area contributed by atoms with E-state index in [1.165, 1.54) is 37.3 Å². The first-order valence-corrected chi connectivity index (χ1v) is 24.2. The zero-order chi connectivity index (χ0) is 48.7. The molecule has 69 heavy (non-hydrogen) atoms. The summed E-state index contributed by atoms with van der Waals surface area (Å²) in [6.07, 6.45) is 0.107. The average Bonchev–Trinajstić information content (AvgIpc) is 3.96. The van der Waals surface area contributed by atoms with Gasteiger partial charge in [0.2, 0.25) is 0 Å². The van der Waals surface area contributed by atoms with E-state index in [1.807, 2.05) is 78.9 Å². The summed E-state index contributed by atoms with van der Waals surface area (Å²) in [5.74, 6) is 0.387. The first-order valence-electron chi connectivity index (χ1n) is 21.6. The Balaban J connectivity index is 1.14. The van der Waals surface area contributed by atoms with Gasteiger partial charge >= 0.3 is 18.4 Å². The third-order valence-corrected chi connectivity index (χ3v) is 13.0. The second-order valence-corrected chi connectivity index (χ2v) is 18.7. The van der Waals surface area contributed by atoms with Gasteiger partial charge in [-0.25, -0.2) is 19.7 Å². The molecule has 5 atom stereocenters. The molecule has 4 heterocycles. The summed E-state index contributed by atoms with van der Waals surface area (Å²) in [4.78, 5) is 77.9. The van der Waals surface area contributed by atoms with Gasteiger partial charge in [-0.2, -0.15) is 0 Å². The Hall–Kier alpha value is -6.90. The smallest absolute Gasteiger partial charge is 0.330 e. The van der Waals surface area contributed by atoms with Crippen LogP contribution in [-0.2, 0) is 52.0 Å². The number of hydrogen-bond acceptors (Lipinski definition) is 15. The summed E-state index contributed by atoms with van der Waals surface area (Å²) >= 11 is 5.69. The Morgan fingerprint density at radius 1 is 0.913 bits per heavy atom. The second kappa shape index (κ2) is 21.2. The lowest BCUT2D eigenvalue weighted by Gasteiger charge is -2.37. The molecule has 0 bridgehead atoms. The SMILES string of the molecule is COc1ccc(C(OCC(Cn2cnc3c(NC(=O)c4ccccc4)ncnc32)OP(O)(=S)OCC2OC(n3cc(C)c(=O)[nH]c3=O)CC2OC(C)=O)(c2ccccc2)c2ccc(OC)cc2)cc1. The van der Waals surface area contributed by atoms with E-state index in [4.69, 9.17) is 44.5 Å². The molecule has 0 spiro atoms. The number of nitrogens with zero attached hydrogens (tertiary/aromatic N) is 5. The molecule has 0 saturated carbocycles. The van der Waals surface area contributed by atoms with Crippen LogP contribution in [0.3, 0.4) is 0 Å². The number of imidazole rings is 1. The summed E-state index contributed by atoms with van der Waals surface area (Å²) in [5, 5.41) is 2.81. The van der Waals surface area contributed by atoms with Crippen LogP contribution in [0.2, 0.25) is 0 Å². The van der Waals surface area contributed by atoms with Crippen LogP contribution in [0.1, 0.15) is 52.2 Å². The van der Waals surface area contributed by atoms with Gasteiger partial charge in [-0.15, -0.1) is 0 Å². The first-order chi connectivity index (χ1) is 33.3. The number of ether oxygens (including phenoxy) is 5. The van der Waals surface area contributed by atoms with Crippen LogP contribution < -0.4 is 26.0 Å². The molecule has 358 valence electrons. The number of methoxy groups -OCH3 is 2. The summed E-state index contributed by atoms with van der Waals surface area (Å²) in [7, 11) is 3.16. The van der Waals surface area contributed by atoms with Crippen LogP contribution in [0.25, 0.3) is 11.2 Å². The third kappa shape index (κ3) is 11.0. The van der Waals surface area contributed by atoms with E-state index < -0.39 is 66.6 Å². The molecule has 5 unspecified atom stereocenters. The fourth-order valence-corrected chi connectivity index (χ4v) is 9.50. The lowest BCUT2D eigenvalue weighted by Crippen LogP contribution is -2.37. The number of aromatic amines is 1. The molecule has 0 aliphatic carbocycles. The molecule has 3 N–H and O–H groups in total. The number of fused-ring (bicyclic) bond motifs is 1. The van der Waals surface area contributed by atoms with Crippen molar-refractivity contribution in [1.82, 2.24) is 29.1 Å². The number of nitrogens with one attached hydrogen (secondary N) is 2. The van der Waals surface area contributed by atoms with Gasteiger partial charge in [0, 0.05) is 30.7 Å². The van der Waals surface area contributed by atoms with Crippen LogP contribution in [-0.4, -0.2) is 91.6 Å². The van der Waals surface area contributed by atoms with Crippen molar-refractivity contribution in [2.24, 2.45) is 0 Å². The molecule has 1 amide bonds. The van der Waals surface area contributed by atoms with E-state index in [1.54, 1.807) is 49.1 Å². The molecule has 1 aliphatic rings. The molecule has 0 radical (unpaired) electrons. The fraction of sp³-hybridized carbons (Fsp3) is 0.271. The maximum Gasteiger partial charge on any atom is 0.330 e. The molecule has 21 heteroatoms. The summed E-state index contributed by atoms with van der Waals surface area (Å²) in [6, 6.07) is 33.1. The minimum absolute atomic E-state index is 0.0201. The van der Waals surface area contributed by atoms with Crippen LogP contribution in [0.5, 0.6) is 11.5 Å². The Bertz CT molecular complexity index is 3030. The molecule has 3 aromatic heterocycles. The van der Waals surface area contributed by atoms with Gasteiger partial charge in [0.15, 0.2) is 17.0 Å². The molecule has 1 saturated heterocycles. The van der Waals surface area contributed by atoms with Crippen molar-refractivity contribution < 1.29 is 47.2 Å². The minimum Gasteiger partial charge on any atom is -0.497 e. The number of rotatable bonds is 19. The van der Waals surface area contributed by atoms with Crippen LogP contribution in [0, 0.1) is 6.92 Å². The van der Waals surface area contributed by atoms with Crippen molar-refractivity contribution in [3.05, 3.63) is 177 Å². The predicted molar refractivity (Wildman–Crippen MR) is 255 cm³/mol. The highest BCUT2D eigenvalue weighted by Crippen LogP contribution is 2.48. The van der Waals surface area contributed by atoms with Gasteiger partial charge in [0.1, 0.15) is 48.0 Å². The third-order valence-electron chi connectivity index (χ3n) is 11.4. The average molecular weight is 978 g/mol. The van der Waals surface area contributed by atoms with Crippen molar-refractivity contribution in [3.63, 3.8) is 0 Å². The molecule has 8 rings (SSSR count).